The highest BCUT2D eigenvalue weighted by Gasteiger charge is 2.24. The molecule has 0 N–H and O–H groups in total. The molecule has 0 unspecified atom stereocenters. The lowest BCUT2D eigenvalue weighted by atomic mass is 9.85. The Kier molecular flexibility index (Phi) is 3.23. The van der Waals surface area contributed by atoms with Crippen LogP contribution in [0.3, 0.4) is 0 Å². The molecule has 0 amide bonds. The van der Waals surface area contributed by atoms with Crippen LogP contribution < -0.4 is 0 Å². The molecule has 2 nitrogen and oxygen atoms in total. The van der Waals surface area contributed by atoms with Crippen LogP contribution in [0.15, 0.2) is 30.3 Å². The van der Waals surface area contributed by atoms with E-state index in [0.717, 1.165) is 29.8 Å². The summed E-state index contributed by atoms with van der Waals surface area (Å²) in [6, 6.07) is 9.76. The van der Waals surface area contributed by atoms with Gasteiger partial charge in [-0.2, -0.15) is 0 Å². The molecule has 1 aliphatic rings. The lowest BCUT2D eigenvalue weighted by molar-refractivity contribution is 0.401. The van der Waals surface area contributed by atoms with E-state index in [2.05, 4.69) is 9.97 Å². The van der Waals surface area contributed by atoms with Gasteiger partial charge in [0.15, 0.2) is 0 Å². The van der Waals surface area contributed by atoms with Crippen molar-refractivity contribution in [3.8, 4) is 11.1 Å². The van der Waals surface area contributed by atoms with Crippen LogP contribution >= 0.6 is 23.2 Å². The zero-order valence-electron chi connectivity index (χ0n) is 9.74. The van der Waals surface area contributed by atoms with Gasteiger partial charge in [0.1, 0.15) is 16.1 Å². The third kappa shape index (κ3) is 2.11. The van der Waals surface area contributed by atoms with Crippen LogP contribution in [0.1, 0.15) is 31.0 Å². The highest BCUT2D eigenvalue weighted by atomic mass is 35.5. The van der Waals surface area contributed by atoms with Crippen molar-refractivity contribution >= 4 is 23.2 Å². The van der Waals surface area contributed by atoms with E-state index in [1.165, 1.54) is 6.42 Å². The Morgan fingerprint density at radius 1 is 0.944 bits per heavy atom. The Balaban J connectivity index is 2.06. The summed E-state index contributed by atoms with van der Waals surface area (Å²) >= 11 is 12.5. The predicted molar refractivity (Wildman–Crippen MR) is 74.1 cm³/mol. The highest BCUT2D eigenvalue weighted by molar-refractivity contribution is 6.37. The van der Waals surface area contributed by atoms with Gasteiger partial charge in [0, 0.05) is 5.92 Å². The van der Waals surface area contributed by atoms with Crippen molar-refractivity contribution in [1.29, 1.82) is 0 Å². The summed E-state index contributed by atoms with van der Waals surface area (Å²) in [4.78, 5) is 8.80. The van der Waals surface area contributed by atoms with Gasteiger partial charge in [-0.1, -0.05) is 60.0 Å². The van der Waals surface area contributed by atoms with Crippen molar-refractivity contribution < 1.29 is 0 Å². The van der Waals surface area contributed by atoms with E-state index >= 15 is 0 Å². The van der Waals surface area contributed by atoms with Gasteiger partial charge < -0.3 is 0 Å². The molecule has 0 radical (unpaired) electrons. The van der Waals surface area contributed by atoms with Crippen molar-refractivity contribution in [2.24, 2.45) is 0 Å². The average molecular weight is 279 g/mol. The van der Waals surface area contributed by atoms with E-state index in [-0.39, 0.29) is 0 Å². The highest BCUT2D eigenvalue weighted by Crippen LogP contribution is 2.38. The summed E-state index contributed by atoms with van der Waals surface area (Å²) in [6.07, 6.45) is 3.51. The predicted octanol–water partition coefficient (Wildman–Crippen LogP) is 4.72. The van der Waals surface area contributed by atoms with Gasteiger partial charge in [-0.15, -0.1) is 0 Å². The third-order valence-electron chi connectivity index (χ3n) is 3.37. The minimum Gasteiger partial charge on any atom is -0.220 e. The topological polar surface area (TPSA) is 25.8 Å². The van der Waals surface area contributed by atoms with E-state index < -0.39 is 0 Å². The van der Waals surface area contributed by atoms with Crippen LogP contribution in [-0.4, -0.2) is 9.97 Å². The molecule has 1 heterocycles. The van der Waals surface area contributed by atoms with E-state index in [1.807, 2.05) is 30.3 Å². The van der Waals surface area contributed by atoms with Crippen molar-refractivity contribution in [2.45, 2.75) is 25.2 Å². The number of nitrogens with zero attached hydrogens (tertiary/aromatic N) is 2. The Hall–Kier alpha value is -1.12. The molecule has 0 atom stereocenters. The Bertz CT molecular complexity index is 542. The summed E-state index contributed by atoms with van der Waals surface area (Å²) < 4.78 is 0. The van der Waals surface area contributed by atoms with Crippen LogP contribution in [0.2, 0.25) is 10.3 Å². The molecule has 1 aromatic carbocycles. The number of hydrogen-bond donors (Lipinski definition) is 0. The van der Waals surface area contributed by atoms with Crippen molar-refractivity contribution in [1.82, 2.24) is 9.97 Å². The van der Waals surface area contributed by atoms with Gasteiger partial charge in [-0.05, 0) is 18.4 Å². The van der Waals surface area contributed by atoms with E-state index in [1.54, 1.807) is 0 Å². The molecule has 92 valence electrons. The summed E-state index contributed by atoms with van der Waals surface area (Å²) in [5, 5.41) is 0.895. The maximum atomic E-state index is 6.26. The van der Waals surface area contributed by atoms with Gasteiger partial charge in [0.25, 0.3) is 0 Å². The van der Waals surface area contributed by atoms with Crippen molar-refractivity contribution in [3.05, 3.63) is 46.5 Å². The van der Waals surface area contributed by atoms with E-state index in [9.17, 15) is 0 Å². The maximum Gasteiger partial charge on any atom is 0.142 e. The van der Waals surface area contributed by atoms with Gasteiger partial charge in [0.05, 0.1) is 5.56 Å². The third-order valence-corrected chi connectivity index (χ3v) is 3.92. The van der Waals surface area contributed by atoms with Crippen LogP contribution in [0, 0.1) is 0 Å². The van der Waals surface area contributed by atoms with Crippen molar-refractivity contribution in [3.63, 3.8) is 0 Å². The molecule has 0 saturated heterocycles. The van der Waals surface area contributed by atoms with Crippen molar-refractivity contribution in [2.75, 3.05) is 0 Å². The minimum absolute atomic E-state index is 0.435. The molecule has 1 aliphatic carbocycles. The average Bonchev–Trinajstić information content (AvgIpc) is 2.27. The lowest BCUT2D eigenvalue weighted by Crippen LogP contribution is -2.13. The fraction of sp³-hybridized carbons (Fsp3) is 0.286. The minimum atomic E-state index is 0.435. The SMILES string of the molecule is Clc1nc(C2CCC2)nc(Cl)c1-c1ccccc1. The van der Waals surface area contributed by atoms with Gasteiger partial charge in [-0.3, -0.25) is 0 Å². The monoisotopic (exact) mass is 278 g/mol. The lowest BCUT2D eigenvalue weighted by Gasteiger charge is -2.24. The Morgan fingerprint density at radius 3 is 2.06 bits per heavy atom. The second-order valence-electron chi connectivity index (χ2n) is 4.53. The number of rotatable bonds is 2. The first-order valence-electron chi connectivity index (χ1n) is 6.04. The first-order chi connectivity index (χ1) is 8.75. The molecule has 0 spiro atoms. The summed E-state index contributed by atoms with van der Waals surface area (Å²) in [7, 11) is 0. The summed E-state index contributed by atoms with van der Waals surface area (Å²) in [6.45, 7) is 0. The summed E-state index contributed by atoms with van der Waals surface area (Å²) in [5.41, 5.74) is 1.68. The summed E-state index contributed by atoms with van der Waals surface area (Å²) in [5.74, 6) is 1.22. The Morgan fingerprint density at radius 2 is 1.56 bits per heavy atom. The first-order valence-corrected chi connectivity index (χ1v) is 6.79. The molecular weight excluding hydrogens is 267 g/mol. The normalized spacial score (nSPS) is 15.4. The zero-order valence-corrected chi connectivity index (χ0v) is 11.2. The maximum absolute atomic E-state index is 6.26. The number of hydrogen-bond acceptors (Lipinski definition) is 2. The van der Waals surface area contributed by atoms with Crippen LogP contribution in [0.5, 0.6) is 0 Å². The molecule has 1 aromatic heterocycles. The quantitative estimate of drug-likeness (QED) is 0.743. The molecule has 0 aliphatic heterocycles. The Labute approximate surface area is 116 Å². The molecule has 1 saturated carbocycles. The van der Waals surface area contributed by atoms with Gasteiger partial charge >= 0.3 is 0 Å². The van der Waals surface area contributed by atoms with E-state index in [0.29, 0.717) is 16.2 Å². The van der Waals surface area contributed by atoms with E-state index in [4.69, 9.17) is 23.2 Å². The standard InChI is InChI=1S/C14H12Cl2N2/c15-12-11(9-5-2-1-3-6-9)13(16)18-14(17-12)10-7-4-8-10/h1-3,5-6,10H,4,7-8H2. The second kappa shape index (κ2) is 4.87. The fourth-order valence-electron chi connectivity index (χ4n) is 2.12. The molecule has 2 aromatic rings. The number of benzene rings is 1. The van der Waals surface area contributed by atoms with Crippen LogP contribution in [0.25, 0.3) is 11.1 Å². The van der Waals surface area contributed by atoms with Crippen LogP contribution in [0.4, 0.5) is 0 Å². The van der Waals surface area contributed by atoms with Gasteiger partial charge in [-0.25, -0.2) is 9.97 Å². The second-order valence-corrected chi connectivity index (χ2v) is 5.25. The molecule has 3 rings (SSSR count). The smallest absolute Gasteiger partial charge is 0.142 e. The molecule has 0 bridgehead atoms. The number of aromatic nitrogens is 2. The van der Waals surface area contributed by atoms with Crippen LogP contribution in [-0.2, 0) is 0 Å². The van der Waals surface area contributed by atoms with Gasteiger partial charge in [0.2, 0.25) is 0 Å². The fourth-order valence-corrected chi connectivity index (χ4v) is 2.73. The zero-order chi connectivity index (χ0) is 12.5. The molecular formula is C14H12Cl2N2. The largest absolute Gasteiger partial charge is 0.220 e. The first kappa shape index (κ1) is 11.9. The number of halogens is 2. The molecule has 1 fully saturated rings. The molecule has 4 heteroatoms. The molecule has 18 heavy (non-hydrogen) atoms.